The molecule has 0 radical (unpaired) electrons. The second kappa shape index (κ2) is 16.4. The lowest BCUT2D eigenvalue weighted by molar-refractivity contribution is -0.00646. The first-order chi connectivity index (χ1) is 5.54. The van der Waals surface area contributed by atoms with Gasteiger partial charge in [-0.2, -0.15) is 4.79 Å². The van der Waals surface area contributed by atoms with E-state index in [4.69, 9.17) is 10.9 Å². The highest BCUT2D eigenvalue weighted by molar-refractivity contribution is 5.72. The van der Waals surface area contributed by atoms with Crippen LogP contribution in [0, 0.1) is 5.39 Å². The fourth-order valence-electron chi connectivity index (χ4n) is 0. The minimum atomic E-state index is 0.0648. The summed E-state index contributed by atoms with van der Waals surface area (Å²) in [6, 6.07) is 0.0648. The molecule has 0 atom stereocenters. The summed E-state index contributed by atoms with van der Waals surface area (Å²) in [5.41, 5.74) is 8.42. The van der Waals surface area contributed by atoms with Gasteiger partial charge in [-0.1, -0.05) is 13.8 Å². The molecule has 70 valence electrons. The number of rotatable bonds is 0. The second-order valence-electron chi connectivity index (χ2n) is 2.26. The molecule has 0 aliphatic heterocycles. The molecule has 0 saturated heterocycles. The minimum absolute atomic E-state index is 0.0648. The summed E-state index contributed by atoms with van der Waals surface area (Å²) in [5.74, 6) is 0. The molecule has 0 fully saturated rings. The van der Waals surface area contributed by atoms with Crippen LogP contribution in [0.25, 0.3) is 10.5 Å². The van der Waals surface area contributed by atoms with E-state index >= 15 is 0 Å². The zero-order valence-electron chi connectivity index (χ0n) is 8.87. The second-order valence-corrected chi connectivity index (χ2v) is 2.26. The van der Waals surface area contributed by atoms with Gasteiger partial charge in [-0.3, -0.25) is 0 Å². The van der Waals surface area contributed by atoms with Crippen LogP contribution in [0.5, 0.6) is 0 Å². The lowest BCUT2D eigenvalue weighted by Gasteiger charge is -1.59. The van der Waals surface area contributed by atoms with Crippen molar-refractivity contribution in [3.63, 3.8) is 0 Å². The Hall–Kier alpha value is -1.20. The third-order valence-electron chi connectivity index (χ3n) is 0.431. The topological polar surface area (TPSA) is 64.6 Å². The van der Waals surface area contributed by atoms with E-state index in [0.29, 0.717) is 5.71 Å². The first-order valence-corrected chi connectivity index (χ1v) is 4.04. The van der Waals surface area contributed by atoms with Gasteiger partial charge in [-0.05, 0) is 0 Å². The number of diazo groups is 1. The lowest BCUT2D eigenvalue weighted by Crippen LogP contribution is -1.78. The van der Waals surface area contributed by atoms with E-state index in [-0.39, 0.29) is 6.04 Å². The molecule has 4 heteroatoms. The molecule has 0 rings (SSSR count). The maximum atomic E-state index is 7.77. The van der Waals surface area contributed by atoms with Crippen molar-refractivity contribution in [1.82, 2.24) is 0 Å². The summed E-state index contributed by atoms with van der Waals surface area (Å²) in [6.45, 7) is 11.1. The summed E-state index contributed by atoms with van der Waals surface area (Å²) < 4.78 is 0. The Morgan fingerprint density at radius 2 is 1.42 bits per heavy atom. The van der Waals surface area contributed by atoms with Crippen molar-refractivity contribution in [1.29, 1.82) is 5.39 Å². The third kappa shape index (κ3) is 68.3. The predicted molar refractivity (Wildman–Crippen MR) is 51.5 cm³/mol. The van der Waals surface area contributed by atoms with Crippen LogP contribution in [-0.4, -0.2) is 16.5 Å². The quantitative estimate of drug-likeness (QED) is 0.239. The van der Waals surface area contributed by atoms with E-state index in [1.807, 2.05) is 13.8 Å². The monoisotopic (exact) mass is 171 g/mol. The molecule has 0 spiro atoms. The van der Waals surface area contributed by atoms with Crippen molar-refractivity contribution in [2.24, 2.45) is 0 Å². The van der Waals surface area contributed by atoms with Gasteiger partial charge < -0.3 is 5.53 Å². The number of hydrogen-bond acceptors (Lipinski definition) is 1. The van der Waals surface area contributed by atoms with Crippen molar-refractivity contribution < 1.29 is 4.79 Å². The van der Waals surface area contributed by atoms with E-state index in [9.17, 15) is 0 Å². The summed E-state index contributed by atoms with van der Waals surface area (Å²) >= 11 is 0. The first-order valence-electron chi connectivity index (χ1n) is 4.04. The van der Waals surface area contributed by atoms with Gasteiger partial charge in [-0.15, -0.1) is 0 Å². The van der Waals surface area contributed by atoms with Gasteiger partial charge in [-0.25, -0.2) is 0 Å². The average molecular weight is 171 g/mol. The molecule has 0 unspecified atom stereocenters. The molecular weight excluding hydrogens is 152 g/mol. The Labute approximate surface area is 74.8 Å². The number of hydrogen-bond donors (Lipinski definition) is 0. The number of nitrogens with zero attached hydrogens (tertiary/aromatic N) is 4. The van der Waals surface area contributed by atoms with Crippen molar-refractivity contribution >= 4 is 5.71 Å². The van der Waals surface area contributed by atoms with Crippen molar-refractivity contribution in [2.45, 2.75) is 47.6 Å². The Morgan fingerprint density at radius 1 is 1.25 bits per heavy atom. The Bertz CT molecular complexity index is 156. The lowest BCUT2D eigenvalue weighted by atomic mass is 10.4. The Kier molecular flexibility index (Phi) is 23.3. The Morgan fingerprint density at radius 3 is 1.42 bits per heavy atom. The van der Waals surface area contributed by atoms with Gasteiger partial charge in [0.05, 0.1) is 0 Å². The van der Waals surface area contributed by atoms with Crippen LogP contribution < -0.4 is 0 Å². The molecule has 0 aliphatic rings. The summed E-state index contributed by atoms with van der Waals surface area (Å²) in [6.07, 6.45) is 0. The maximum absolute atomic E-state index is 7.77. The predicted octanol–water partition coefficient (Wildman–Crippen LogP) is 2.97. The van der Waals surface area contributed by atoms with Gasteiger partial charge in [0.1, 0.15) is 4.98 Å². The highest BCUT2D eigenvalue weighted by atomic mass is 14.9. The third-order valence-corrected chi connectivity index (χ3v) is 0.431. The average Bonchev–Trinajstić information content (AvgIpc) is 2.09. The van der Waals surface area contributed by atoms with Crippen molar-refractivity contribution in [2.75, 3.05) is 0 Å². The maximum Gasteiger partial charge on any atom is 0.308 e. The van der Waals surface area contributed by atoms with Crippen molar-refractivity contribution in [3.8, 4) is 0 Å². The zero-order valence-corrected chi connectivity index (χ0v) is 8.87. The van der Waals surface area contributed by atoms with Crippen LogP contribution in [0.1, 0.15) is 41.5 Å². The summed E-state index contributed by atoms with van der Waals surface area (Å²) in [7, 11) is 0. The molecule has 0 bridgehead atoms. The molecule has 4 nitrogen and oxygen atoms in total. The largest absolute Gasteiger partial charge is 0.362 e. The molecule has 0 aromatic carbocycles. The highest BCUT2D eigenvalue weighted by Crippen LogP contribution is 1.78. The van der Waals surface area contributed by atoms with Gasteiger partial charge >= 0.3 is 6.04 Å². The Balaban J connectivity index is -0.000000112. The smallest absolute Gasteiger partial charge is 0.308 e. The molecule has 0 aliphatic carbocycles. The van der Waals surface area contributed by atoms with Crippen LogP contribution in [0.4, 0.5) is 0 Å². The van der Waals surface area contributed by atoms with Crippen LogP contribution in [0.15, 0.2) is 0 Å². The summed E-state index contributed by atoms with van der Waals surface area (Å²) in [4.78, 5) is 5.69. The molecule has 0 N–H and O–H groups in total. The van der Waals surface area contributed by atoms with Crippen LogP contribution in [0.3, 0.4) is 0 Å². The molecular formula is C8H19N4+. The zero-order chi connectivity index (χ0) is 10.6. The SMILES string of the molecule is CC.CC(C)=[N+]=[N-].CC(C)[N+]#N. The van der Waals surface area contributed by atoms with E-state index in [1.165, 1.54) is 0 Å². The normalized spacial score (nSPS) is 6.17. The standard InChI is InChI=1S/C3H7N2.C3H6N2.C2H6/c2*1-3(2)5-4;1-2/h3H,1-2H3;1-2H3;1-2H3/q+1;;. The molecule has 0 aromatic heterocycles. The van der Waals surface area contributed by atoms with Crippen LogP contribution >= 0.6 is 0 Å². The highest BCUT2D eigenvalue weighted by Gasteiger charge is 1.95. The van der Waals surface area contributed by atoms with Gasteiger partial charge in [0.15, 0.2) is 0 Å². The van der Waals surface area contributed by atoms with Gasteiger partial charge in [0, 0.05) is 27.7 Å². The fourth-order valence-corrected chi connectivity index (χ4v) is 0. The van der Waals surface area contributed by atoms with E-state index in [2.05, 4.69) is 9.77 Å². The summed E-state index contributed by atoms with van der Waals surface area (Å²) in [5, 5.41) is 7.77. The molecule has 0 heterocycles. The molecule has 0 saturated carbocycles. The van der Waals surface area contributed by atoms with Crippen molar-refractivity contribution in [3.05, 3.63) is 10.5 Å². The minimum Gasteiger partial charge on any atom is -0.362 e. The van der Waals surface area contributed by atoms with Crippen LogP contribution in [-0.2, 0) is 0 Å². The van der Waals surface area contributed by atoms with Crippen LogP contribution in [0.2, 0.25) is 0 Å². The first kappa shape index (κ1) is 17.0. The molecule has 12 heavy (non-hydrogen) atoms. The van der Waals surface area contributed by atoms with E-state index in [0.717, 1.165) is 0 Å². The fraction of sp³-hybridized carbons (Fsp3) is 0.875. The van der Waals surface area contributed by atoms with E-state index in [1.54, 1.807) is 27.7 Å². The van der Waals surface area contributed by atoms with Gasteiger partial charge in [0.2, 0.25) is 5.39 Å². The molecule has 0 amide bonds. The van der Waals surface area contributed by atoms with E-state index < -0.39 is 0 Å². The molecule has 0 aromatic rings. The van der Waals surface area contributed by atoms with Gasteiger partial charge in [0.25, 0.3) is 5.71 Å².